The van der Waals surface area contributed by atoms with Crippen LogP contribution < -0.4 is 59.3 Å². The molecule has 3 aliphatic heterocycles. The maximum Gasteiger partial charge on any atom is 0.246 e. The van der Waals surface area contributed by atoms with Crippen molar-refractivity contribution in [2.75, 3.05) is 51.9 Å². The average molecular weight is 1420 g/mol. The number of ether oxygens (including phenoxy) is 3. The fourth-order valence-corrected chi connectivity index (χ4v) is 14.2. The number of hydrogen-bond acceptors (Lipinski definition) is 17. The van der Waals surface area contributed by atoms with Crippen LogP contribution in [0.5, 0.6) is 0 Å². The second-order valence-electron chi connectivity index (χ2n) is 26.2. The number of carbonyl (C=O) groups excluding carboxylic acids is 11. The van der Waals surface area contributed by atoms with Crippen molar-refractivity contribution in [3.8, 4) is 0 Å². The maximum absolute atomic E-state index is 15.1. The molecule has 29 nitrogen and oxygen atoms in total. The van der Waals surface area contributed by atoms with Gasteiger partial charge in [-0.05, 0) is 79.3 Å². The Hall–Kier alpha value is -9.33. The third-order valence-corrected chi connectivity index (χ3v) is 19.3. The number of amides is 11. The van der Waals surface area contributed by atoms with Crippen molar-refractivity contribution in [3.05, 3.63) is 119 Å². The molecule has 0 saturated carbocycles. The lowest BCUT2D eigenvalue weighted by atomic mass is 9.94. The number of primary amides is 2. The molecule has 3 aliphatic rings. The summed E-state index contributed by atoms with van der Waals surface area (Å²) in [6, 6.07) is 11.4. The molecular formula is C70H94FN15O14S. The van der Waals surface area contributed by atoms with Crippen molar-refractivity contribution in [1.29, 1.82) is 0 Å². The van der Waals surface area contributed by atoms with Gasteiger partial charge in [0.2, 0.25) is 65.0 Å². The minimum absolute atomic E-state index is 0.0264. The highest BCUT2D eigenvalue weighted by molar-refractivity contribution is 8.00. The molecular weight excluding hydrogens is 1330 g/mol. The fourth-order valence-electron chi connectivity index (χ4n) is 12.5. The first kappa shape index (κ1) is 77.4. The summed E-state index contributed by atoms with van der Waals surface area (Å²) in [6.45, 7) is 4.24. The number of carbonyl (C=O) groups is 11. The Morgan fingerprint density at radius 1 is 0.663 bits per heavy atom. The number of benzene rings is 3. The first-order chi connectivity index (χ1) is 48.5. The highest BCUT2D eigenvalue weighted by atomic mass is 32.2. The number of nitrogens with zero attached hydrogens (tertiary/aromatic N) is 4. The van der Waals surface area contributed by atoms with E-state index in [1.807, 2.05) is 47.6 Å². The molecule has 0 unspecified atom stereocenters. The quantitative estimate of drug-likeness (QED) is 0.0304. The standard InChI is InChI=1S/C70H94FN15O14S/c1-42(2)31-51-65(92)79-52(32-43-13-5-4-6-14-43)67(94)81-54(34-45-38-85(3)58-17-8-7-15-48(45)58)68(95)80-53(33-44-20-22-46(71)23-21-44)66(93)77-50(64(73)91)16-11-12-25-86-39-47(83-84-86)35-55(69(96)82-56(37-60(72)87)70(97)78-51)75-63(90)40-100-30-29-99-28-27-98-26-24-74-61(88)19-10-9-18-59-49-36-62(89)76-57(49)41-101-59/h4-8,13-15,17,20-23,38-39,42,49-57,59H,9-12,16,18-19,24-37,40-41H2,1-3H3,(H2,72,87)(H2,73,91)(H,74,88)(H,75,90)(H,76,89)(H,77,93)(H,78,97)(H,79,92)(H,80,95)(H,81,94)(H,82,96)/t49-,50+,51-,52-,53-,54-,55+,56-,57-,59-/m1/s1. The lowest BCUT2D eigenvalue weighted by molar-refractivity contribution is -0.136. The summed E-state index contributed by atoms with van der Waals surface area (Å²) in [6.07, 6.45) is 6.03. The minimum atomic E-state index is -1.72. The number of nitrogens with one attached hydrogen (secondary N) is 9. The Kier molecular flexibility index (Phi) is 29.9. The number of rotatable bonds is 28. The first-order valence-electron chi connectivity index (χ1n) is 34.4. The molecule has 5 heterocycles. The third-order valence-electron chi connectivity index (χ3n) is 17.7. The van der Waals surface area contributed by atoms with Crippen LogP contribution in [0.15, 0.2) is 91.3 Å². The Balaban J connectivity index is 0.954. The molecule has 2 aromatic heterocycles. The molecule has 5 aromatic rings. The number of hydrogen-bond donors (Lipinski definition) is 11. The van der Waals surface area contributed by atoms with Gasteiger partial charge in [0.15, 0.2) is 0 Å². The second-order valence-corrected chi connectivity index (χ2v) is 27.4. The Morgan fingerprint density at radius 3 is 1.97 bits per heavy atom. The lowest BCUT2D eigenvalue weighted by Gasteiger charge is -2.28. The molecule has 546 valence electrons. The molecule has 0 aliphatic carbocycles. The zero-order chi connectivity index (χ0) is 72.4. The van der Waals surface area contributed by atoms with Crippen LogP contribution in [0.2, 0.25) is 0 Å². The number of aromatic nitrogens is 4. The number of para-hydroxylation sites is 1. The van der Waals surface area contributed by atoms with Crippen LogP contribution in [0.4, 0.5) is 4.39 Å². The predicted molar refractivity (Wildman–Crippen MR) is 371 cm³/mol. The van der Waals surface area contributed by atoms with Gasteiger partial charge in [0.05, 0.1) is 45.1 Å². The molecule has 13 N–H and O–H groups in total. The summed E-state index contributed by atoms with van der Waals surface area (Å²) >= 11 is 1.90. The molecule has 101 heavy (non-hydrogen) atoms. The van der Waals surface area contributed by atoms with Gasteiger partial charge in [-0.1, -0.05) is 86.1 Å². The summed E-state index contributed by atoms with van der Waals surface area (Å²) in [5, 5.41) is 34.4. The molecule has 10 atom stereocenters. The maximum atomic E-state index is 15.1. The van der Waals surface area contributed by atoms with E-state index in [-0.39, 0.29) is 114 Å². The van der Waals surface area contributed by atoms with Crippen LogP contribution in [0.1, 0.15) is 100 Å². The van der Waals surface area contributed by atoms with Gasteiger partial charge in [0.25, 0.3) is 0 Å². The zero-order valence-electron chi connectivity index (χ0n) is 57.2. The van der Waals surface area contributed by atoms with E-state index in [1.165, 1.54) is 35.1 Å². The van der Waals surface area contributed by atoms with Crippen LogP contribution in [0.25, 0.3) is 10.9 Å². The highest BCUT2D eigenvalue weighted by Gasteiger charge is 2.43. The zero-order valence-corrected chi connectivity index (χ0v) is 58.0. The fraction of sp³-hybridized carbons (Fsp3) is 0.529. The van der Waals surface area contributed by atoms with Crippen molar-refractivity contribution in [1.82, 2.24) is 67.4 Å². The Morgan fingerprint density at radius 2 is 1.28 bits per heavy atom. The van der Waals surface area contributed by atoms with Crippen LogP contribution >= 0.6 is 11.8 Å². The van der Waals surface area contributed by atoms with Crippen LogP contribution in [0, 0.1) is 17.7 Å². The molecule has 31 heteroatoms. The van der Waals surface area contributed by atoms with Gasteiger partial charge in [-0.15, -0.1) is 5.10 Å². The molecule has 3 aromatic carbocycles. The van der Waals surface area contributed by atoms with E-state index in [9.17, 15) is 47.5 Å². The summed E-state index contributed by atoms with van der Waals surface area (Å²) in [7, 11) is 1.82. The van der Waals surface area contributed by atoms with Gasteiger partial charge >= 0.3 is 0 Å². The van der Waals surface area contributed by atoms with E-state index in [2.05, 4.69) is 58.2 Å². The first-order valence-corrected chi connectivity index (χ1v) is 35.4. The number of fused-ring (bicyclic) bond motifs is 4. The Bertz CT molecular complexity index is 3650. The van der Waals surface area contributed by atoms with Gasteiger partial charge in [0.1, 0.15) is 54.7 Å². The van der Waals surface area contributed by atoms with Crippen LogP contribution in [-0.4, -0.2) is 190 Å². The topological polar surface area (TPSA) is 411 Å². The Labute approximate surface area is 589 Å². The summed E-state index contributed by atoms with van der Waals surface area (Å²) in [5.41, 5.74) is 14.2. The van der Waals surface area contributed by atoms with Gasteiger partial charge < -0.3 is 78.1 Å². The highest BCUT2D eigenvalue weighted by Crippen LogP contribution is 2.40. The summed E-state index contributed by atoms with van der Waals surface area (Å²) in [4.78, 5) is 152. The molecule has 0 radical (unpaired) electrons. The molecule has 0 spiro atoms. The second kappa shape index (κ2) is 39.0. The lowest BCUT2D eigenvalue weighted by Crippen LogP contribution is -2.61. The van der Waals surface area contributed by atoms with Crippen molar-refractivity contribution in [2.24, 2.45) is 30.4 Å². The van der Waals surface area contributed by atoms with E-state index in [1.54, 1.807) is 50.4 Å². The van der Waals surface area contributed by atoms with E-state index < -0.39 is 114 Å². The predicted octanol–water partition coefficient (Wildman–Crippen LogP) is 0.510. The van der Waals surface area contributed by atoms with Crippen LogP contribution in [0.3, 0.4) is 0 Å². The van der Waals surface area contributed by atoms with Gasteiger partial charge in [-0.3, -0.25) is 57.4 Å². The van der Waals surface area contributed by atoms with Crippen molar-refractivity contribution >= 4 is 87.6 Å². The van der Waals surface area contributed by atoms with E-state index in [0.29, 0.717) is 53.7 Å². The van der Waals surface area contributed by atoms with Crippen LogP contribution in [-0.2, 0) is 106 Å². The number of nitrogens with two attached hydrogens (primary N) is 2. The molecule has 2 bridgehead atoms. The monoisotopic (exact) mass is 1420 g/mol. The van der Waals surface area contributed by atoms with Gasteiger partial charge in [0, 0.05) is 105 Å². The van der Waals surface area contributed by atoms with Gasteiger partial charge in [-0.25, -0.2) is 4.39 Å². The average Bonchev–Trinajstić information content (AvgIpc) is 1.71. The smallest absolute Gasteiger partial charge is 0.246 e. The normalized spacial score (nSPS) is 22.9. The number of thioether (sulfide) groups is 1. The molecule has 2 saturated heterocycles. The summed E-state index contributed by atoms with van der Waals surface area (Å²) < 4.78 is 34.3. The number of aryl methyl sites for hydroxylation is 2. The van der Waals surface area contributed by atoms with E-state index >= 15 is 9.59 Å². The molecule has 8 rings (SSSR count). The van der Waals surface area contributed by atoms with Crippen molar-refractivity contribution in [2.45, 2.75) is 164 Å². The third kappa shape index (κ3) is 24.8. The van der Waals surface area contributed by atoms with Crippen molar-refractivity contribution in [3.63, 3.8) is 0 Å². The number of unbranched alkanes of at least 4 members (excludes halogenated alkanes) is 1. The minimum Gasteiger partial charge on any atom is -0.377 e. The summed E-state index contributed by atoms with van der Waals surface area (Å²) in [5.74, 6) is -7.44. The number of halogens is 1. The van der Waals surface area contributed by atoms with E-state index in [4.69, 9.17) is 25.7 Å². The van der Waals surface area contributed by atoms with Crippen molar-refractivity contribution < 1.29 is 71.3 Å². The van der Waals surface area contributed by atoms with Gasteiger partial charge in [-0.2, -0.15) is 11.8 Å². The molecule has 11 amide bonds. The van der Waals surface area contributed by atoms with E-state index in [0.717, 1.165) is 35.9 Å². The SMILES string of the molecule is CC(C)C[C@H]1NC(=O)[C@@H](CC(N)=O)NC(=O)[C@@H](NC(=O)COCCOCCOCCNC(=O)CCCC[C@H]2SC[C@H]3NC(=O)C[C@H]32)Cc2cn(nn2)CCCC[C@@H](C(N)=O)NC(=O)[C@@H](Cc2ccc(F)cc2)NC(=O)[C@@H](Cc2cn(C)c3ccccc23)NC(=O)[C@@H](Cc2ccccc2)NC1=O. The largest absolute Gasteiger partial charge is 0.377 e. The molecule has 2 fully saturated rings.